The fourth-order valence-electron chi connectivity index (χ4n) is 2.39. The fourth-order valence-corrected chi connectivity index (χ4v) is 2.39. The third-order valence-electron chi connectivity index (χ3n) is 3.46. The fraction of sp³-hybridized carbons (Fsp3) is 0.188. The second-order valence-electron chi connectivity index (χ2n) is 4.83. The summed E-state index contributed by atoms with van der Waals surface area (Å²) >= 11 is 0. The van der Waals surface area contributed by atoms with E-state index in [-0.39, 0.29) is 0 Å². The number of hydrogen-bond acceptors (Lipinski definition) is 3. The molecule has 96 valence electrons. The summed E-state index contributed by atoms with van der Waals surface area (Å²) in [6, 6.07) is 18.5. The van der Waals surface area contributed by atoms with Gasteiger partial charge in [0.2, 0.25) is 0 Å². The Morgan fingerprint density at radius 3 is 2.47 bits per heavy atom. The van der Waals surface area contributed by atoms with Crippen LogP contribution in [0.25, 0.3) is 0 Å². The Morgan fingerprint density at radius 2 is 1.74 bits per heavy atom. The predicted molar refractivity (Wildman–Crippen MR) is 80.7 cm³/mol. The van der Waals surface area contributed by atoms with Crippen LogP contribution in [0.2, 0.25) is 0 Å². The standard InChI is InChI=1S/C16H17N3/c17-15-6-8-16(9-7-15)19-11-14(10-18-12-19)13-4-2-1-3-5-13/h1-9,12,14H,10-11,17H2. The Kier molecular flexibility index (Phi) is 3.19. The molecule has 19 heavy (non-hydrogen) atoms. The van der Waals surface area contributed by atoms with Crippen LogP contribution in [0.1, 0.15) is 11.5 Å². The molecule has 2 aromatic rings. The molecule has 1 atom stereocenters. The van der Waals surface area contributed by atoms with Gasteiger partial charge in [0, 0.05) is 30.4 Å². The van der Waals surface area contributed by atoms with Gasteiger partial charge >= 0.3 is 0 Å². The second kappa shape index (κ2) is 5.14. The normalized spacial score (nSPS) is 18.5. The minimum atomic E-state index is 0.448. The first-order chi connectivity index (χ1) is 9.33. The van der Waals surface area contributed by atoms with Crippen molar-refractivity contribution in [2.45, 2.75) is 5.92 Å². The van der Waals surface area contributed by atoms with E-state index in [4.69, 9.17) is 5.73 Å². The first kappa shape index (κ1) is 11.8. The summed E-state index contributed by atoms with van der Waals surface area (Å²) in [6.07, 6.45) is 1.92. The summed E-state index contributed by atoms with van der Waals surface area (Å²) < 4.78 is 0. The molecule has 0 aromatic heterocycles. The van der Waals surface area contributed by atoms with Crippen molar-refractivity contribution >= 4 is 17.7 Å². The SMILES string of the molecule is Nc1ccc(N2C=NCC(c3ccccc3)C2)cc1. The third-order valence-corrected chi connectivity index (χ3v) is 3.46. The van der Waals surface area contributed by atoms with Gasteiger partial charge in [0.1, 0.15) is 0 Å². The van der Waals surface area contributed by atoms with Crippen LogP contribution in [0.3, 0.4) is 0 Å². The molecule has 2 N–H and O–H groups in total. The molecule has 1 unspecified atom stereocenters. The zero-order chi connectivity index (χ0) is 13.1. The topological polar surface area (TPSA) is 41.6 Å². The molecule has 1 aliphatic heterocycles. The van der Waals surface area contributed by atoms with Crippen LogP contribution in [0.4, 0.5) is 11.4 Å². The number of nitrogens with two attached hydrogens (primary N) is 1. The summed E-state index contributed by atoms with van der Waals surface area (Å²) in [4.78, 5) is 6.67. The van der Waals surface area contributed by atoms with Crippen molar-refractivity contribution in [2.24, 2.45) is 4.99 Å². The molecular formula is C16H17N3. The number of nitrogens with zero attached hydrogens (tertiary/aromatic N) is 2. The van der Waals surface area contributed by atoms with Crippen molar-refractivity contribution in [1.29, 1.82) is 0 Å². The Labute approximate surface area is 113 Å². The van der Waals surface area contributed by atoms with Gasteiger partial charge in [-0.05, 0) is 29.8 Å². The average Bonchev–Trinajstić information content (AvgIpc) is 2.49. The molecule has 1 aliphatic rings. The number of rotatable bonds is 2. The van der Waals surface area contributed by atoms with Crippen molar-refractivity contribution in [2.75, 3.05) is 23.7 Å². The van der Waals surface area contributed by atoms with Gasteiger partial charge in [0.25, 0.3) is 0 Å². The van der Waals surface area contributed by atoms with E-state index in [0.29, 0.717) is 5.92 Å². The zero-order valence-corrected chi connectivity index (χ0v) is 10.7. The summed E-state index contributed by atoms with van der Waals surface area (Å²) in [5.41, 5.74) is 9.00. The predicted octanol–water partition coefficient (Wildman–Crippen LogP) is 2.90. The van der Waals surface area contributed by atoms with Crippen LogP contribution in [-0.2, 0) is 0 Å². The molecule has 1 heterocycles. The highest BCUT2D eigenvalue weighted by atomic mass is 15.2. The number of nitrogen functional groups attached to an aromatic ring is 1. The molecule has 0 spiro atoms. The molecule has 0 radical (unpaired) electrons. The highest BCUT2D eigenvalue weighted by Crippen LogP contribution is 2.24. The quantitative estimate of drug-likeness (QED) is 0.834. The van der Waals surface area contributed by atoms with Crippen molar-refractivity contribution in [3.63, 3.8) is 0 Å². The van der Waals surface area contributed by atoms with Gasteiger partial charge in [-0.1, -0.05) is 30.3 Å². The van der Waals surface area contributed by atoms with Gasteiger partial charge in [-0.15, -0.1) is 0 Å². The van der Waals surface area contributed by atoms with E-state index >= 15 is 0 Å². The summed E-state index contributed by atoms with van der Waals surface area (Å²) in [6.45, 7) is 1.81. The van der Waals surface area contributed by atoms with Gasteiger partial charge in [0.15, 0.2) is 0 Å². The lowest BCUT2D eigenvalue weighted by molar-refractivity contribution is 0.682. The van der Waals surface area contributed by atoms with Crippen LogP contribution in [0.15, 0.2) is 59.6 Å². The van der Waals surface area contributed by atoms with Crippen molar-refractivity contribution in [1.82, 2.24) is 0 Å². The van der Waals surface area contributed by atoms with Gasteiger partial charge in [-0.3, -0.25) is 4.99 Å². The monoisotopic (exact) mass is 251 g/mol. The molecule has 0 fully saturated rings. The Hall–Kier alpha value is -2.29. The maximum absolute atomic E-state index is 5.72. The number of benzene rings is 2. The Balaban J connectivity index is 1.80. The first-order valence-electron chi connectivity index (χ1n) is 6.50. The van der Waals surface area contributed by atoms with E-state index in [2.05, 4.69) is 34.2 Å². The molecule has 0 aliphatic carbocycles. The van der Waals surface area contributed by atoms with Gasteiger partial charge in [0.05, 0.1) is 6.34 Å². The summed E-state index contributed by atoms with van der Waals surface area (Å²) in [7, 11) is 0. The van der Waals surface area contributed by atoms with Gasteiger partial charge in [-0.25, -0.2) is 0 Å². The number of anilines is 2. The van der Waals surface area contributed by atoms with Crippen LogP contribution in [-0.4, -0.2) is 19.4 Å². The molecule has 3 nitrogen and oxygen atoms in total. The minimum absolute atomic E-state index is 0.448. The van der Waals surface area contributed by atoms with Crippen LogP contribution < -0.4 is 10.6 Å². The highest BCUT2D eigenvalue weighted by Gasteiger charge is 2.18. The van der Waals surface area contributed by atoms with E-state index in [1.54, 1.807) is 0 Å². The van der Waals surface area contributed by atoms with Crippen molar-refractivity contribution in [3.05, 3.63) is 60.2 Å². The van der Waals surface area contributed by atoms with Crippen molar-refractivity contribution in [3.8, 4) is 0 Å². The highest BCUT2D eigenvalue weighted by molar-refractivity contribution is 5.80. The van der Waals surface area contributed by atoms with Crippen LogP contribution >= 0.6 is 0 Å². The minimum Gasteiger partial charge on any atom is -0.399 e. The molecular weight excluding hydrogens is 234 g/mol. The maximum Gasteiger partial charge on any atom is 0.0894 e. The third kappa shape index (κ3) is 2.60. The molecule has 0 amide bonds. The molecule has 0 saturated heterocycles. The molecule has 3 rings (SSSR count). The molecule has 0 saturated carbocycles. The molecule has 3 heteroatoms. The van der Waals surface area contributed by atoms with Crippen LogP contribution in [0.5, 0.6) is 0 Å². The van der Waals surface area contributed by atoms with Gasteiger partial charge < -0.3 is 10.6 Å². The smallest absolute Gasteiger partial charge is 0.0894 e. The van der Waals surface area contributed by atoms with E-state index in [1.165, 1.54) is 5.56 Å². The zero-order valence-electron chi connectivity index (χ0n) is 10.7. The Bertz CT molecular complexity index is 560. The second-order valence-corrected chi connectivity index (χ2v) is 4.83. The largest absolute Gasteiger partial charge is 0.399 e. The van der Waals surface area contributed by atoms with E-state index < -0.39 is 0 Å². The van der Waals surface area contributed by atoms with Crippen molar-refractivity contribution < 1.29 is 0 Å². The number of aliphatic imine (C=N–C) groups is 1. The van der Waals surface area contributed by atoms with E-state index in [1.807, 2.05) is 36.7 Å². The number of hydrogen-bond donors (Lipinski definition) is 1. The maximum atomic E-state index is 5.72. The van der Waals surface area contributed by atoms with Crippen LogP contribution in [0, 0.1) is 0 Å². The lowest BCUT2D eigenvalue weighted by Crippen LogP contribution is -2.32. The Morgan fingerprint density at radius 1 is 1.00 bits per heavy atom. The van der Waals surface area contributed by atoms with E-state index in [0.717, 1.165) is 24.5 Å². The molecule has 0 bridgehead atoms. The van der Waals surface area contributed by atoms with E-state index in [9.17, 15) is 0 Å². The summed E-state index contributed by atoms with van der Waals surface area (Å²) in [5, 5.41) is 0. The first-order valence-corrected chi connectivity index (χ1v) is 6.50. The van der Waals surface area contributed by atoms with Gasteiger partial charge in [-0.2, -0.15) is 0 Å². The summed E-state index contributed by atoms with van der Waals surface area (Å²) in [5.74, 6) is 0.448. The lowest BCUT2D eigenvalue weighted by atomic mass is 9.97. The lowest BCUT2D eigenvalue weighted by Gasteiger charge is -2.29. The molecule has 2 aromatic carbocycles. The average molecular weight is 251 g/mol.